The van der Waals surface area contributed by atoms with Gasteiger partial charge in [-0.3, -0.25) is 0 Å². The van der Waals surface area contributed by atoms with Crippen LogP contribution in [0.1, 0.15) is 42.7 Å². The number of nitrogens with two attached hydrogens (primary N) is 1. The highest BCUT2D eigenvalue weighted by molar-refractivity contribution is 9.10. The van der Waals surface area contributed by atoms with Gasteiger partial charge in [-0.1, -0.05) is 0 Å². The number of imidazole rings is 1. The molecule has 2 aliphatic rings. The molecule has 2 atom stereocenters. The fourth-order valence-electron chi connectivity index (χ4n) is 2.83. The lowest BCUT2D eigenvalue weighted by Crippen LogP contribution is -2.24. The van der Waals surface area contributed by atoms with Crippen LogP contribution in [0.2, 0.25) is 0 Å². The van der Waals surface area contributed by atoms with Gasteiger partial charge in [-0.25, -0.2) is 4.98 Å². The highest BCUT2D eigenvalue weighted by Gasteiger charge is 2.29. The Morgan fingerprint density at radius 1 is 1.44 bits per heavy atom. The van der Waals surface area contributed by atoms with Gasteiger partial charge in [0.1, 0.15) is 10.4 Å². The molecule has 88 valence electrons. The van der Waals surface area contributed by atoms with Crippen molar-refractivity contribution in [2.24, 2.45) is 5.73 Å². The van der Waals surface area contributed by atoms with Crippen molar-refractivity contribution in [3.05, 3.63) is 16.1 Å². The monoisotopic (exact) mass is 284 g/mol. The minimum Gasteiger partial charge on any atom is -0.329 e. The normalized spacial score (nSPS) is 29.4. The molecule has 3 heterocycles. The van der Waals surface area contributed by atoms with Gasteiger partial charge in [0.2, 0.25) is 0 Å². The summed E-state index contributed by atoms with van der Waals surface area (Å²) in [6.07, 6.45) is 3.44. The predicted molar refractivity (Wildman–Crippen MR) is 66.3 cm³/mol. The van der Waals surface area contributed by atoms with Gasteiger partial charge in [0, 0.05) is 25.0 Å². The second-order valence-electron chi connectivity index (χ2n) is 4.74. The lowest BCUT2D eigenvalue weighted by atomic mass is 10.0. The van der Waals surface area contributed by atoms with E-state index in [1.807, 2.05) is 0 Å². The van der Waals surface area contributed by atoms with E-state index in [9.17, 15) is 0 Å². The van der Waals surface area contributed by atoms with E-state index in [0.717, 1.165) is 30.7 Å². The zero-order valence-electron chi connectivity index (χ0n) is 9.25. The number of nitrogens with one attached hydrogen (secondary N) is 1. The van der Waals surface area contributed by atoms with E-state index in [4.69, 9.17) is 5.73 Å². The van der Waals surface area contributed by atoms with E-state index in [0.29, 0.717) is 5.92 Å². The third-order valence-electron chi connectivity index (χ3n) is 3.66. The Balaban J connectivity index is 2.02. The van der Waals surface area contributed by atoms with Crippen LogP contribution < -0.4 is 11.1 Å². The third kappa shape index (κ3) is 1.61. The van der Waals surface area contributed by atoms with E-state index < -0.39 is 0 Å². The van der Waals surface area contributed by atoms with E-state index in [-0.39, 0.29) is 6.04 Å². The molecule has 2 aliphatic heterocycles. The van der Waals surface area contributed by atoms with E-state index in [2.05, 4.69) is 30.8 Å². The van der Waals surface area contributed by atoms with Crippen LogP contribution in [0.5, 0.6) is 0 Å². The van der Waals surface area contributed by atoms with Crippen LogP contribution in [-0.2, 0) is 6.54 Å². The Kier molecular flexibility index (Phi) is 2.77. The average molecular weight is 285 g/mol. The molecule has 0 spiro atoms. The van der Waals surface area contributed by atoms with Crippen LogP contribution in [-0.4, -0.2) is 22.6 Å². The first kappa shape index (κ1) is 10.7. The van der Waals surface area contributed by atoms with Gasteiger partial charge in [-0.15, -0.1) is 0 Å². The van der Waals surface area contributed by atoms with Crippen molar-refractivity contribution in [3.8, 4) is 0 Å². The molecule has 2 unspecified atom stereocenters. The Labute approximate surface area is 104 Å². The molecule has 1 aromatic heterocycles. The maximum Gasteiger partial charge on any atom is 0.129 e. The van der Waals surface area contributed by atoms with Crippen molar-refractivity contribution in [1.29, 1.82) is 0 Å². The molecule has 1 aromatic rings. The molecule has 16 heavy (non-hydrogen) atoms. The smallest absolute Gasteiger partial charge is 0.129 e. The molecular weight excluding hydrogens is 268 g/mol. The summed E-state index contributed by atoms with van der Waals surface area (Å²) in [5.41, 5.74) is 7.35. The quantitative estimate of drug-likeness (QED) is 0.822. The van der Waals surface area contributed by atoms with Gasteiger partial charge < -0.3 is 15.6 Å². The first-order valence-electron chi connectivity index (χ1n) is 5.99. The highest BCUT2D eigenvalue weighted by atomic mass is 79.9. The van der Waals surface area contributed by atoms with Crippen molar-refractivity contribution in [2.45, 2.75) is 37.8 Å². The molecule has 1 fully saturated rings. The molecule has 0 aliphatic carbocycles. The number of rotatable bonds is 1. The molecule has 0 radical (unpaired) electrons. The lowest BCUT2D eigenvalue weighted by molar-refractivity contribution is 0.442. The van der Waals surface area contributed by atoms with Crippen molar-refractivity contribution >= 4 is 15.9 Å². The first-order chi connectivity index (χ1) is 7.77. The Hall–Kier alpha value is -0.390. The summed E-state index contributed by atoms with van der Waals surface area (Å²) < 4.78 is 3.30. The predicted octanol–water partition coefficient (Wildman–Crippen LogP) is 1.52. The Bertz CT molecular complexity index is 395. The van der Waals surface area contributed by atoms with Crippen molar-refractivity contribution in [3.63, 3.8) is 0 Å². The first-order valence-corrected chi connectivity index (χ1v) is 6.79. The highest BCUT2D eigenvalue weighted by Crippen LogP contribution is 2.34. The van der Waals surface area contributed by atoms with Crippen molar-refractivity contribution < 1.29 is 0 Å². The molecule has 0 bridgehead atoms. The van der Waals surface area contributed by atoms with Gasteiger partial charge in [0.25, 0.3) is 0 Å². The topological polar surface area (TPSA) is 55.9 Å². The number of aromatic nitrogens is 2. The fourth-order valence-corrected chi connectivity index (χ4v) is 3.52. The zero-order valence-corrected chi connectivity index (χ0v) is 10.8. The third-order valence-corrected chi connectivity index (χ3v) is 4.25. The van der Waals surface area contributed by atoms with Gasteiger partial charge in [-0.05, 0) is 41.7 Å². The second-order valence-corrected chi connectivity index (χ2v) is 5.49. The molecule has 4 nitrogen and oxygen atoms in total. The summed E-state index contributed by atoms with van der Waals surface area (Å²) in [6, 6.07) is 0.152. The largest absolute Gasteiger partial charge is 0.329 e. The maximum absolute atomic E-state index is 6.15. The van der Waals surface area contributed by atoms with Crippen LogP contribution in [0.25, 0.3) is 0 Å². The van der Waals surface area contributed by atoms with Crippen molar-refractivity contribution in [1.82, 2.24) is 14.9 Å². The second kappa shape index (κ2) is 4.13. The zero-order chi connectivity index (χ0) is 11.1. The standard InChI is InChI=1S/C11H17BrN4/c12-10-9-8(13)2-1-5-16(9)11(15-10)7-3-4-14-6-7/h7-8,14H,1-6,13H2. The average Bonchev–Trinajstić information content (AvgIpc) is 2.86. The summed E-state index contributed by atoms with van der Waals surface area (Å²) in [6.45, 7) is 3.24. The van der Waals surface area contributed by atoms with Crippen LogP contribution in [0.4, 0.5) is 0 Å². The van der Waals surface area contributed by atoms with E-state index >= 15 is 0 Å². The summed E-state index contributed by atoms with van der Waals surface area (Å²) in [4.78, 5) is 4.68. The summed E-state index contributed by atoms with van der Waals surface area (Å²) in [5, 5.41) is 3.40. The minimum atomic E-state index is 0.152. The summed E-state index contributed by atoms with van der Waals surface area (Å²) in [5.74, 6) is 1.79. The van der Waals surface area contributed by atoms with Gasteiger partial charge in [-0.2, -0.15) is 0 Å². The Morgan fingerprint density at radius 2 is 2.31 bits per heavy atom. The van der Waals surface area contributed by atoms with E-state index in [1.54, 1.807) is 0 Å². The fraction of sp³-hybridized carbons (Fsp3) is 0.727. The molecular formula is C11H17BrN4. The van der Waals surface area contributed by atoms with Crippen molar-refractivity contribution in [2.75, 3.05) is 13.1 Å². The number of hydrogen-bond acceptors (Lipinski definition) is 3. The summed E-state index contributed by atoms with van der Waals surface area (Å²) in [7, 11) is 0. The van der Waals surface area contributed by atoms with Crippen LogP contribution in [0, 0.1) is 0 Å². The molecule has 5 heteroatoms. The molecule has 1 saturated heterocycles. The number of hydrogen-bond donors (Lipinski definition) is 2. The Morgan fingerprint density at radius 3 is 3.06 bits per heavy atom. The SMILES string of the molecule is NC1CCCn2c(C3CCNC3)nc(Br)c21. The number of nitrogens with zero attached hydrogens (tertiary/aromatic N) is 2. The van der Waals surface area contributed by atoms with Gasteiger partial charge in [0.05, 0.1) is 5.69 Å². The maximum atomic E-state index is 6.15. The number of fused-ring (bicyclic) bond motifs is 1. The summed E-state index contributed by atoms with van der Waals surface area (Å²) >= 11 is 3.56. The van der Waals surface area contributed by atoms with Crippen LogP contribution in [0.3, 0.4) is 0 Å². The van der Waals surface area contributed by atoms with Gasteiger partial charge >= 0.3 is 0 Å². The van der Waals surface area contributed by atoms with Crippen LogP contribution >= 0.6 is 15.9 Å². The molecule has 0 saturated carbocycles. The molecule has 0 aromatic carbocycles. The van der Waals surface area contributed by atoms with E-state index in [1.165, 1.54) is 24.4 Å². The molecule has 3 rings (SSSR count). The van der Waals surface area contributed by atoms with Crippen LogP contribution in [0.15, 0.2) is 4.60 Å². The van der Waals surface area contributed by atoms with Gasteiger partial charge in [0.15, 0.2) is 0 Å². The molecule has 0 amide bonds. The molecule has 3 N–H and O–H groups in total. The minimum absolute atomic E-state index is 0.152. The lowest BCUT2D eigenvalue weighted by Gasteiger charge is -2.23. The number of halogens is 1.